The van der Waals surface area contributed by atoms with Gasteiger partial charge in [-0.2, -0.15) is 5.10 Å². The maximum absolute atomic E-state index is 11.1. The molecular weight excluding hydrogens is 206 g/mol. The van der Waals surface area contributed by atoms with E-state index in [9.17, 15) is 4.79 Å². The van der Waals surface area contributed by atoms with Gasteiger partial charge in [-0.15, -0.1) is 0 Å². The van der Waals surface area contributed by atoms with Crippen molar-refractivity contribution in [1.29, 1.82) is 0 Å². The molecule has 0 aliphatic carbocycles. The van der Waals surface area contributed by atoms with Crippen LogP contribution in [-0.4, -0.2) is 26.4 Å². The molecule has 90 valence electrons. The Morgan fingerprint density at radius 2 is 2.38 bits per heavy atom. The molecule has 0 radical (unpaired) electrons. The van der Waals surface area contributed by atoms with Crippen molar-refractivity contribution in [2.75, 3.05) is 0 Å². The molecule has 0 amide bonds. The van der Waals surface area contributed by atoms with Crippen molar-refractivity contribution in [1.82, 2.24) is 15.1 Å². The second-order valence-electron chi connectivity index (χ2n) is 4.22. The average Bonchev–Trinajstić information content (AvgIpc) is 2.61. The van der Waals surface area contributed by atoms with Gasteiger partial charge in [-0.25, -0.2) is 0 Å². The van der Waals surface area contributed by atoms with E-state index in [1.807, 2.05) is 26.2 Å². The lowest BCUT2D eigenvalue weighted by Crippen LogP contribution is -2.49. The predicted molar refractivity (Wildman–Crippen MR) is 61.0 cm³/mol. The van der Waals surface area contributed by atoms with Crippen LogP contribution in [0.15, 0.2) is 12.3 Å². The van der Waals surface area contributed by atoms with E-state index in [4.69, 9.17) is 5.11 Å². The van der Waals surface area contributed by atoms with Gasteiger partial charge in [0.1, 0.15) is 5.54 Å². The molecule has 1 atom stereocenters. The van der Waals surface area contributed by atoms with E-state index in [1.54, 1.807) is 11.6 Å². The van der Waals surface area contributed by atoms with E-state index < -0.39 is 11.5 Å². The van der Waals surface area contributed by atoms with Gasteiger partial charge in [0.25, 0.3) is 0 Å². The van der Waals surface area contributed by atoms with Crippen LogP contribution in [0.5, 0.6) is 0 Å². The molecule has 0 bridgehead atoms. The van der Waals surface area contributed by atoms with Gasteiger partial charge in [-0.1, -0.05) is 13.3 Å². The molecule has 1 heterocycles. The van der Waals surface area contributed by atoms with Crippen molar-refractivity contribution in [3.8, 4) is 0 Å². The summed E-state index contributed by atoms with van der Waals surface area (Å²) >= 11 is 0. The van der Waals surface area contributed by atoms with E-state index in [0.717, 1.165) is 12.1 Å². The first-order chi connectivity index (χ1) is 7.48. The van der Waals surface area contributed by atoms with Crippen molar-refractivity contribution in [3.05, 3.63) is 18.0 Å². The minimum atomic E-state index is -0.869. The van der Waals surface area contributed by atoms with Gasteiger partial charge in [0.2, 0.25) is 0 Å². The Bertz CT molecular complexity index is 362. The van der Waals surface area contributed by atoms with Crippen LogP contribution < -0.4 is 5.32 Å². The summed E-state index contributed by atoms with van der Waals surface area (Å²) in [7, 11) is 1.84. The third-order valence-electron chi connectivity index (χ3n) is 2.65. The number of carboxylic acid groups (broad SMARTS) is 1. The van der Waals surface area contributed by atoms with Gasteiger partial charge in [-0.05, 0) is 19.4 Å². The van der Waals surface area contributed by atoms with E-state index in [1.165, 1.54) is 0 Å². The lowest BCUT2D eigenvalue weighted by molar-refractivity contribution is -0.144. The first-order valence-corrected chi connectivity index (χ1v) is 5.45. The summed E-state index contributed by atoms with van der Waals surface area (Å²) in [4.78, 5) is 11.1. The Labute approximate surface area is 95.5 Å². The van der Waals surface area contributed by atoms with Gasteiger partial charge >= 0.3 is 5.97 Å². The molecule has 1 aromatic rings. The van der Waals surface area contributed by atoms with E-state index in [-0.39, 0.29) is 0 Å². The summed E-state index contributed by atoms with van der Waals surface area (Å²) in [5, 5.41) is 16.4. The number of aryl methyl sites for hydroxylation is 1. The number of rotatable bonds is 6. The zero-order valence-electron chi connectivity index (χ0n) is 10.0. The molecule has 1 unspecified atom stereocenters. The molecule has 0 aliphatic rings. The molecular formula is C11H19N3O2. The number of hydrogen-bond donors (Lipinski definition) is 2. The highest BCUT2D eigenvalue weighted by Crippen LogP contribution is 2.13. The fraction of sp³-hybridized carbons (Fsp3) is 0.636. The number of carboxylic acids is 1. The third kappa shape index (κ3) is 3.06. The normalized spacial score (nSPS) is 14.7. The van der Waals surface area contributed by atoms with Crippen LogP contribution in [0.1, 0.15) is 32.4 Å². The number of aromatic nitrogens is 2. The number of nitrogens with zero attached hydrogens (tertiary/aromatic N) is 2. The molecule has 0 fully saturated rings. The Hall–Kier alpha value is -1.36. The van der Waals surface area contributed by atoms with Crippen LogP contribution in [0.3, 0.4) is 0 Å². The third-order valence-corrected chi connectivity index (χ3v) is 2.65. The zero-order valence-corrected chi connectivity index (χ0v) is 10.0. The molecule has 16 heavy (non-hydrogen) atoms. The van der Waals surface area contributed by atoms with E-state index in [2.05, 4.69) is 10.4 Å². The minimum Gasteiger partial charge on any atom is -0.480 e. The summed E-state index contributed by atoms with van der Waals surface area (Å²) in [6.07, 6.45) is 3.28. The van der Waals surface area contributed by atoms with E-state index in [0.29, 0.717) is 13.0 Å². The molecule has 0 spiro atoms. The maximum Gasteiger partial charge on any atom is 0.323 e. The van der Waals surface area contributed by atoms with Gasteiger partial charge in [-0.3, -0.25) is 14.8 Å². The smallest absolute Gasteiger partial charge is 0.323 e. The van der Waals surface area contributed by atoms with Gasteiger partial charge in [0, 0.05) is 19.8 Å². The topological polar surface area (TPSA) is 67.2 Å². The summed E-state index contributed by atoms with van der Waals surface area (Å²) < 4.78 is 1.70. The molecule has 1 rings (SSSR count). The molecule has 5 nitrogen and oxygen atoms in total. The Kier molecular flexibility index (Phi) is 4.06. The van der Waals surface area contributed by atoms with Crippen LogP contribution in [0, 0.1) is 0 Å². The maximum atomic E-state index is 11.1. The largest absolute Gasteiger partial charge is 0.480 e. The second-order valence-corrected chi connectivity index (χ2v) is 4.22. The zero-order chi connectivity index (χ0) is 12.2. The average molecular weight is 225 g/mol. The fourth-order valence-electron chi connectivity index (χ4n) is 1.61. The Morgan fingerprint density at radius 3 is 2.81 bits per heavy atom. The first-order valence-electron chi connectivity index (χ1n) is 5.45. The SMILES string of the molecule is CCCC(C)(NCc1ccn(C)n1)C(=O)O. The van der Waals surface area contributed by atoms with Crippen molar-refractivity contribution in [2.24, 2.45) is 7.05 Å². The Balaban J connectivity index is 2.60. The number of hydrogen-bond acceptors (Lipinski definition) is 3. The predicted octanol–water partition coefficient (Wildman–Crippen LogP) is 1.15. The quantitative estimate of drug-likeness (QED) is 0.762. The molecule has 0 saturated carbocycles. The highest BCUT2D eigenvalue weighted by molar-refractivity contribution is 5.78. The van der Waals surface area contributed by atoms with Crippen molar-refractivity contribution in [3.63, 3.8) is 0 Å². The highest BCUT2D eigenvalue weighted by Gasteiger charge is 2.31. The molecule has 0 aromatic carbocycles. The van der Waals surface area contributed by atoms with Gasteiger partial charge in [0.05, 0.1) is 5.69 Å². The molecule has 5 heteroatoms. The lowest BCUT2D eigenvalue weighted by atomic mass is 9.96. The summed E-state index contributed by atoms with van der Waals surface area (Å²) in [6.45, 7) is 4.16. The standard InChI is InChI=1S/C11H19N3O2/c1-4-6-11(2,10(15)16)12-8-9-5-7-14(3)13-9/h5,7,12H,4,6,8H2,1-3H3,(H,15,16). The summed E-state index contributed by atoms with van der Waals surface area (Å²) in [5.74, 6) is -0.815. The van der Waals surface area contributed by atoms with Gasteiger partial charge < -0.3 is 5.11 Å². The van der Waals surface area contributed by atoms with Crippen molar-refractivity contribution >= 4 is 5.97 Å². The van der Waals surface area contributed by atoms with Crippen LogP contribution in [0.4, 0.5) is 0 Å². The van der Waals surface area contributed by atoms with Crippen LogP contribution in [0.2, 0.25) is 0 Å². The Morgan fingerprint density at radius 1 is 1.69 bits per heavy atom. The minimum absolute atomic E-state index is 0.476. The fourth-order valence-corrected chi connectivity index (χ4v) is 1.61. The van der Waals surface area contributed by atoms with Crippen LogP contribution in [-0.2, 0) is 18.4 Å². The lowest BCUT2D eigenvalue weighted by Gasteiger charge is -2.25. The highest BCUT2D eigenvalue weighted by atomic mass is 16.4. The molecule has 0 aliphatic heterocycles. The molecule has 1 aromatic heterocycles. The number of carbonyl (C=O) groups is 1. The molecule has 0 saturated heterocycles. The van der Waals surface area contributed by atoms with Gasteiger partial charge in [0.15, 0.2) is 0 Å². The van der Waals surface area contributed by atoms with Crippen LogP contribution in [0.25, 0.3) is 0 Å². The van der Waals surface area contributed by atoms with Crippen molar-refractivity contribution < 1.29 is 9.90 Å². The van der Waals surface area contributed by atoms with E-state index >= 15 is 0 Å². The number of aliphatic carboxylic acids is 1. The van der Waals surface area contributed by atoms with Crippen LogP contribution >= 0.6 is 0 Å². The summed E-state index contributed by atoms with van der Waals surface area (Å²) in [6, 6.07) is 1.88. The second kappa shape index (κ2) is 5.12. The number of nitrogens with one attached hydrogen (secondary N) is 1. The molecule has 2 N–H and O–H groups in total. The monoisotopic (exact) mass is 225 g/mol. The first kappa shape index (κ1) is 12.7. The van der Waals surface area contributed by atoms with Crippen molar-refractivity contribution in [2.45, 2.75) is 38.8 Å². The summed E-state index contributed by atoms with van der Waals surface area (Å²) in [5.41, 5.74) is -0.0159.